The van der Waals surface area contributed by atoms with Crippen LogP contribution in [0.5, 0.6) is 11.5 Å². The fourth-order valence-electron chi connectivity index (χ4n) is 2.54. The van der Waals surface area contributed by atoms with Crippen LogP contribution in [0, 0.1) is 0 Å². The van der Waals surface area contributed by atoms with E-state index < -0.39 is 0 Å². The molecule has 8 heteroatoms. The van der Waals surface area contributed by atoms with Crippen molar-refractivity contribution in [2.75, 3.05) is 19.8 Å². The number of thioether (sulfide) groups is 1. The molecule has 1 heterocycles. The lowest BCUT2D eigenvalue weighted by molar-refractivity contribution is -0.121. The van der Waals surface area contributed by atoms with Crippen molar-refractivity contribution < 1.29 is 14.3 Å². The predicted octanol–water partition coefficient (Wildman–Crippen LogP) is 5.84. The third kappa shape index (κ3) is 5.76. The molecule has 1 aliphatic heterocycles. The molecule has 0 bridgehead atoms. The number of thiocarbonyl (C=S) groups is 1. The van der Waals surface area contributed by atoms with Gasteiger partial charge in [0, 0.05) is 11.6 Å². The van der Waals surface area contributed by atoms with E-state index in [4.69, 9.17) is 44.9 Å². The second-order valence-corrected chi connectivity index (χ2v) is 8.44. The molecular weight excluding hydrogens is 449 g/mol. The first-order valence-corrected chi connectivity index (χ1v) is 10.6. The van der Waals surface area contributed by atoms with Crippen LogP contribution in [0.25, 0.3) is 6.08 Å². The van der Waals surface area contributed by atoms with Gasteiger partial charge in [0.15, 0.2) is 0 Å². The van der Waals surface area contributed by atoms with E-state index in [-0.39, 0.29) is 5.91 Å². The summed E-state index contributed by atoms with van der Waals surface area (Å²) < 4.78 is 11.9. The van der Waals surface area contributed by atoms with Crippen LogP contribution in [0.1, 0.15) is 5.56 Å². The lowest BCUT2D eigenvalue weighted by Crippen LogP contribution is -2.27. The third-order valence-electron chi connectivity index (χ3n) is 3.84. The van der Waals surface area contributed by atoms with Gasteiger partial charge >= 0.3 is 0 Å². The number of nitrogens with zero attached hydrogens (tertiary/aromatic N) is 1. The highest BCUT2D eigenvalue weighted by Crippen LogP contribution is 2.33. The predicted molar refractivity (Wildman–Crippen MR) is 124 cm³/mol. The summed E-state index contributed by atoms with van der Waals surface area (Å²) in [5.74, 6) is 1.11. The maximum Gasteiger partial charge on any atom is 0.266 e. The van der Waals surface area contributed by atoms with Crippen molar-refractivity contribution in [1.29, 1.82) is 0 Å². The maximum atomic E-state index is 12.4. The molecular formula is C21H17Cl2NO3S2. The Balaban J connectivity index is 1.58. The first-order valence-electron chi connectivity index (χ1n) is 8.65. The highest BCUT2D eigenvalue weighted by molar-refractivity contribution is 8.26. The largest absolute Gasteiger partial charge is 0.490 e. The van der Waals surface area contributed by atoms with Gasteiger partial charge in [0.05, 0.1) is 9.93 Å². The van der Waals surface area contributed by atoms with Crippen molar-refractivity contribution in [1.82, 2.24) is 4.90 Å². The molecule has 0 spiro atoms. The van der Waals surface area contributed by atoms with Gasteiger partial charge in [-0.25, -0.2) is 0 Å². The van der Waals surface area contributed by atoms with E-state index in [1.807, 2.05) is 24.3 Å². The third-order valence-corrected chi connectivity index (χ3v) is 5.75. The van der Waals surface area contributed by atoms with Crippen molar-refractivity contribution >= 4 is 63.5 Å². The average molecular weight is 466 g/mol. The molecule has 2 aromatic rings. The number of halogens is 2. The summed E-state index contributed by atoms with van der Waals surface area (Å²) in [4.78, 5) is 14.5. The first kappa shape index (κ1) is 21.7. The number of rotatable bonds is 8. The second kappa shape index (κ2) is 10.2. The average Bonchev–Trinajstić information content (AvgIpc) is 2.95. The summed E-state index contributed by atoms with van der Waals surface area (Å²) in [7, 11) is 0. The SMILES string of the molecule is C=CCN1C(=O)/C(=C/c2cccc(OCCOc3ccc(Cl)cc3Cl)c2)SC1=S. The number of hydrogen-bond acceptors (Lipinski definition) is 5. The van der Waals surface area contributed by atoms with E-state index in [9.17, 15) is 4.79 Å². The summed E-state index contributed by atoms with van der Waals surface area (Å²) in [6.45, 7) is 4.72. The van der Waals surface area contributed by atoms with Crippen molar-refractivity contribution in [3.63, 3.8) is 0 Å². The van der Waals surface area contributed by atoms with Crippen molar-refractivity contribution in [3.05, 3.63) is 75.6 Å². The lowest BCUT2D eigenvalue weighted by atomic mass is 10.2. The normalized spacial score (nSPS) is 15.1. The molecule has 1 amide bonds. The molecule has 0 N–H and O–H groups in total. The van der Waals surface area contributed by atoms with E-state index in [1.165, 1.54) is 16.7 Å². The molecule has 0 aliphatic carbocycles. The van der Waals surface area contributed by atoms with Crippen LogP contribution in [-0.2, 0) is 4.79 Å². The molecule has 3 rings (SSSR count). The minimum atomic E-state index is -0.112. The van der Waals surface area contributed by atoms with E-state index in [2.05, 4.69) is 6.58 Å². The molecule has 0 radical (unpaired) electrons. The van der Waals surface area contributed by atoms with Crippen molar-refractivity contribution in [2.24, 2.45) is 0 Å². The summed E-state index contributed by atoms with van der Waals surface area (Å²) in [6.07, 6.45) is 3.46. The van der Waals surface area contributed by atoms with Gasteiger partial charge in [0.25, 0.3) is 5.91 Å². The molecule has 29 heavy (non-hydrogen) atoms. The smallest absolute Gasteiger partial charge is 0.266 e. The Labute approximate surface area is 189 Å². The summed E-state index contributed by atoms with van der Waals surface area (Å²) in [6, 6.07) is 12.5. The fourth-order valence-corrected chi connectivity index (χ4v) is 4.27. The van der Waals surface area contributed by atoms with Crippen molar-refractivity contribution in [3.8, 4) is 11.5 Å². The molecule has 4 nitrogen and oxygen atoms in total. The number of carbonyl (C=O) groups is 1. The monoisotopic (exact) mass is 465 g/mol. The zero-order valence-corrected chi connectivity index (χ0v) is 18.4. The number of amides is 1. The Morgan fingerprint density at radius 2 is 1.93 bits per heavy atom. The Bertz CT molecular complexity index is 978. The van der Waals surface area contributed by atoms with Crippen LogP contribution < -0.4 is 9.47 Å². The van der Waals surface area contributed by atoms with Crippen LogP contribution in [0.2, 0.25) is 10.0 Å². The van der Waals surface area contributed by atoms with Crippen LogP contribution >= 0.6 is 47.2 Å². The topological polar surface area (TPSA) is 38.8 Å². The van der Waals surface area contributed by atoms with Crippen molar-refractivity contribution in [2.45, 2.75) is 0 Å². The van der Waals surface area contributed by atoms with E-state index >= 15 is 0 Å². The minimum Gasteiger partial charge on any atom is -0.490 e. The van der Waals surface area contributed by atoms with Gasteiger partial charge < -0.3 is 9.47 Å². The van der Waals surface area contributed by atoms with Gasteiger partial charge in [-0.3, -0.25) is 9.69 Å². The standard InChI is InChI=1S/C21H17Cl2NO3S2/c1-2-8-24-20(25)19(29-21(24)28)12-14-4-3-5-16(11-14)26-9-10-27-18-7-6-15(22)13-17(18)23/h2-7,11-13H,1,8-10H2/b19-12-. The summed E-state index contributed by atoms with van der Waals surface area (Å²) >= 11 is 18.5. The molecule has 0 saturated carbocycles. The van der Waals surface area contributed by atoms with E-state index in [1.54, 1.807) is 30.4 Å². The van der Waals surface area contributed by atoms with Gasteiger partial charge in [0.2, 0.25) is 0 Å². The number of ether oxygens (including phenoxy) is 2. The second-order valence-electron chi connectivity index (χ2n) is 5.93. The Kier molecular flexibility index (Phi) is 7.61. The fraction of sp³-hybridized carbons (Fsp3) is 0.143. The molecule has 1 saturated heterocycles. The maximum absolute atomic E-state index is 12.4. The summed E-state index contributed by atoms with van der Waals surface area (Å²) in [5.41, 5.74) is 0.850. The van der Waals surface area contributed by atoms with E-state index in [0.717, 1.165) is 5.56 Å². The molecule has 0 unspecified atom stereocenters. The molecule has 0 aromatic heterocycles. The zero-order valence-electron chi connectivity index (χ0n) is 15.3. The van der Waals surface area contributed by atoms with Gasteiger partial charge in [-0.15, -0.1) is 6.58 Å². The van der Waals surface area contributed by atoms with Gasteiger partial charge in [-0.1, -0.05) is 65.4 Å². The first-order chi connectivity index (χ1) is 14.0. The zero-order chi connectivity index (χ0) is 20.8. The highest BCUT2D eigenvalue weighted by Gasteiger charge is 2.30. The van der Waals surface area contributed by atoms with E-state index in [0.29, 0.717) is 50.5 Å². The molecule has 150 valence electrons. The number of carbonyl (C=O) groups excluding carboxylic acids is 1. The van der Waals surface area contributed by atoms with Gasteiger partial charge in [-0.05, 0) is 42.0 Å². The number of benzene rings is 2. The molecule has 1 fully saturated rings. The molecule has 0 atom stereocenters. The molecule has 1 aliphatic rings. The quantitative estimate of drug-likeness (QED) is 0.212. The van der Waals surface area contributed by atoms with Crippen LogP contribution in [-0.4, -0.2) is 34.9 Å². The summed E-state index contributed by atoms with van der Waals surface area (Å²) in [5, 5.41) is 1.00. The van der Waals surface area contributed by atoms with Crippen LogP contribution in [0.15, 0.2) is 60.0 Å². The minimum absolute atomic E-state index is 0.112. The van der Waals surface area contributed by atoms with Gasteiger partial charge in [0.1, 0.15) is 29.0 Å². The highest BCUT2D eigenvalue weighted by atomic mass is 35.5. The van der Waals surface area contributed by atoms with Gasteiger partial charge in [-0.2, -0.15) is 0 Å². The van der Waals surface area contributed by atoms with Crippen LogP contribution in [0.3, 0.4) is 0 Å². The lowest BCUT2D eigenvalue weighted by Gasteiger charge is -2.10. The Morgan fingerprint density at radius 1 is 1.14 bits per heavy atom. The number of hydrogen-bond donors (Lipinski definition) is 0. The Morgan fingerprint density at radius 3 is 2.69 bits per heavy atom. The Hall–Kier alpha value is -1.99. The van der Waals surface area contributed by atoms with Crippen LogP contribution in [0.4, 0.5) is 0 Å². The molecule has 2 aromatic carbocycles.